The lowest BCUT2D eigenvalue weighted by Crippen LogP contribution is -2.42. The topological polar surface area (TPSA) is 38.5 Å². The molecule has 0 amide bonds. The fourth-order valence-electron chi connectivity index (χ4n) is 2.22. The number of hydrogen-bond acceptors (Lipinski definition) is 3. The van der Waals surface area contributed by atoms with Crippen LogP contribution in [0.15, 0.2) is 24.3 Å². The van der Waals surface area contributed by atoms with Crippen LogP contribution in [-0.4, -0.2) is 38.2 Å². The normalized spacial score (nSPS) is 13.1. The average molecular weight is 250 g/mol. The molecule has 1 atom stereocenters. The van der Waals surface area contributed by atoms with Crippen molar-refractivity contribution in [3.05, 3.63) is 29.8 Å². The highest BCUT2D eigenvalue weighted by Gasteiger charge is 2.16. The molecule has 0 aliphatic heterocycles. The van der Waals surface area contributed by atoms with Crippen LogP contribution in [0, 0.1) is 5.92 Å². The van der Waals surface area contributed by atoms with Gasteiger partial charge in [0.25, 0.3) is 0 Å². The predicted molar refractivity (Wildman–Crippen MR) is 77.0 cm³/mol. The largest absolute Gasteiger partial charge is 0.497 e. The van der Waals surface area contributed by atoms with Gasteiger partial charge in [-0.15, -0.1) is 0 Å². The molecular weight excluding hydrogens is 224 g/mol. The van der Waals surface area contributed by atoms with Gasteiger partial charge in [-0.1, -0.05) is 26.0 Å². The number of hydrogen-bond donors (Lipinski definition) is 1. The van der Waals surface area contributed by atoms with Crippen molar-refractivity contribution in [2.75, 3.05) is 27.2 Å². The second-order valence-corrected chi connectivity index (χ2v) is 5.13. The Morgan fingerprint density at radius 3 is 2.28 bits per heavy atom. The van der Waals surface area contributed by atoms with Gasteiger partial charge in [0.1, 0.15) is 5.75 Å². The van der Waals surface area contributed by atoms with Gasteiger partial charge in [-0.25, -0.2) is 0 Å². The Labute approximate surface area is 111 Å². The molecule has 0 spiro atoms. The van der Waals surface area contributed by atoms with Crippen LogP contribution in [-0.2, 0) is 6.42 Å². The van der Waals surface area contributed by atoms with Crippen LogP contribution in [0.25, 0.3) is 0 Å². The Hall–Kier alpha value is -1.06. The number of ether oxygens (including phenoxy) is 1. The minimum absolute atomic E-state index is 0.461. The maximum absolute atomic E-state index is 5.82. The van der Waals surface area contributed by atoms with E-state index < -0.39 is 0 Å². The van der Waals surface area contributed by atoms with E-state index in [-0.39, 0.29) is 0 Å². The summed E-state index contributed by atoms with van der Waals surface area (Å²) in [7, 11) is 3.85. The van der Waals surface area contributed by atoms with E-state index >= 15 is 0 Å². The molecular formula is C15H26N2O. The van der Waals surface area contributed by atoms with Crippen molar-refractivity contribution in [1.82, 2.24) is 4.90 Å². The first-order chi connectivity index (χ1) is 8.58. The van der Waals surface area contributed by atoms with Crippen molar-refractivity contribution in [2.24, 2.45) is 11.7 Å². The number of nitrogens with zero attached hydrogens (tertiary/aromatic N) is 1. The van der Waals surface area contributed by atoms with Crippen LogP contribution in [0.3, 0.4) is 0 Å². The zero-order valence-corrected chi connectivity index (χ0v) is 12.0. The first kappa shape index (κ1) is 15.0. The summed E-state index contributed by atoms with van der Waals surface area (Å²) >= 11 is 0. The van der Waals surface area contributed by atoms with Crippen LogP contribution in [0.2, 0.25) is 0 Å². The average Bonchev–Trinajstić information content (AvgIpc) is 2.37. The highest BCUT2D eigenvalue weighted by Crippen LogP contribution is 2.13. The van der Waals surface area contributed by atoms with Crippen LogP contribution < -0.4 is 10.5 Å². The van der Waals surface area contributed by atoms with Crippen molar-refractivity contribution in [1.29, 1.82) is 0 Å². The quantitative estimate of drug-likeness (QED) is 0.806. The molecule has 0 aromatic heterocycles. The van der Waals surface area contributed by atoms with Crippen molar-refractivity contribution in [3.63, 3.8) is 0 Å². The molecule has 102 valence electrons. The molecule has 3 nitrogen and oxygen atoms in total. The van der Waals surface area contributed by atoms with E-state index in [9.17, 15) is 0 Å². The third-order valence-corrected chi connectivity index (χ3v) is 3.49. The van der Waals surface area contributed by atoms with E-state index in [0.29, 0.717) is 12.0 Å². The molecule has 3 heteroatoms. The molecule has 0 saturated heterocycles. The molecule has 0 aliphatic rings. The molecule has 18 heavy (non-hydrogen) atoms. The van der Waals surface area contributed by atoms with E-state index in [2.05, 4.69) is 37.9 Å². The smallest absolute Gasteiger partial charge is 0.118 e. The summed E-state index contributed by atoms with van der Waals surface area (Å²) in [4.78, 5) is 2.36. The Kier molecular flexibility index (Phi) is 6.16. The van der Waals surface area contributed by atoms with Gasteiger partial charge in [0.2, 0.25) is 0 Å². The van der Waals surface area contributed by atoms with Crippen LogP contribution in [0.5, 0.6) is 5.75 Å². The van der Waals surface area contributed by atoms with Crippen LogP contribution in [0.1, 0.15) is 19.4 Å². The highest BCUT2D eigenvalue weighted by atomic mass is 16.5. The maximum Gasteiger partial charge on any atom is 0.118 e. The first-order valence-corrected chi connectivity index (χ1v) is 6.61. The van der Waals surface area contributed by atoms with E-state index in [4.69, 9.17) is 10.5 Å². The molecule has 1 rings (SSSR count). The molecule has 0 aliphatic carbocycles. The zero-order valence-electron chi connectivity index (χ0n) is 12.0. The second kappa shape index (κ2) is 7.39. The van der Waals surface area contributed by atoms with Gasteiger partial charge >= 0.3 is 0 Å². The lowest BCUT2D eigenvalue weighted by Gasteiger charge is -2.30. The lowest BCUT2D eigenvalue weighted by atomic mass is 10.0. The molecule has 0 radical (unpaired) electrons. The predicted octanol–water partition coefficient (Wildman–Crippen LogP) is 2.15. The summed E-state index contributed by atoms with van der Waals surface area (Å²) in [5, 5.41) is 0. The first-order valence-electron chi connectivity index (χ1n) is 6.61. The standard InChI is InChI=1S/C15H26N2O/c1-12(2)15(11-16)17(3)10-9-13-5-7-14(18-4)8-6-13/h5-8,12,15H,9-11,16H2,1-4H3. The van der Waals surface area contributed by atoms with E-state index in [0.717, 1.165) is 25.3 Å². The summed E-state index contributed by atoms with van der Waals surface area (Å²) in [6, 6.07) is 8.73. The molecule has 0 fully saturated rings. The number of likely N-dealkylation sites (N-methyl/N-ethyl adjacent to an activating group) is 1. The van der Waals surface area contributed by atoms with Crippen LogP contribution in [0.4, 0.5) is 0 Å². The van der Waals surface area contributed by atoms with E-state index in [1.807, 2.05) is 12.1 Å². The Balaban J connectivity index is 2.48. The zero-order chi connectivity index (χ0) is 13.5. The monoisotopic (exact) mass is 250 g/mol. The third kappa shape index (κ3) is 4.31. The fourth-order valence-corrected chi connectivity index (χ4v) is 2.22. The van der Waals surface area contributed by atoms with Crippen LogP contribution >= 0.6 is 0 Å². The number of benzene rings is 1. The van der Waals surface area contributed by atoms with Crippen molar-refractivity contribution in [3.8, 4) is 5.75 Å². The number of methoxy groups -OCH3 is 1. The molecule has 0 bridgehead atoms. The van der Waals surface area contributed by atoms with Gasteiger partial charge in [0.05, 0.1) is 7.11 Å². The van der Waals surface area contributed by atoms with Gasteiger partial charge in [-0.2, -0.15) is 0 Å². The minimum atomic E-state index is 0.461. The molecule has 1 aromatic rings. The Morgan fingerprint density at radius 1 is 1.22 bits per heavy atom. The number of nitrogens with two attached hydrogens (primary N) is 1. The van der Waals surface area contributed by atoms with Gasteiger partial charge in [0, 0.05) is 19.1 Å². The Bertz CT molecular complexity index is 335. The second-order valence-electron chi connectivity index (χ2n) is 5.13. The van der Waals surface area contributed by atoms with E-state index in [1.54, 1.807) is 7.11 Å². The van der Waals surface area contributed by atoms with Gasteiger partial charge < -0.3 is 15.4 Å². The SMILES string of the molecule is COc1ccc(CCN(C)C(CN)C(C)C)cc1. The summed E-state index contributed by atoms with van der Waals surface area (Å²) in [6.07, 6.45) is 1.05. The summed E-state index contributed by atoms with van der Waals surface area (Å²) in [6.45, 7) is 6.20. The van der Waals surface area contributed by atoms with E-state index in [1.165, 1.54) is 5.56 Å². The number of rotatable bonds is 7. The molecule has 0 saturated carbocycles. The molecule has 1 aromatic carbocycles. The van der Waals surface area contributed by atoms with Gasteiger partial charge in [0.15, 0.2) is 0 Å². The highest BCUT2D eigenvalue weighted by molar-refractivity contribution is 5.27. The lowest BCUT2D eigenvalue weighted by molar-refractivity contribution is 0.199. The summed E-state index contributed by atoms with van der Waals surface area (Å²) < 4.78 is 5.15. The van der Waals surface area contributed by atoms with Gasteiger partial charge in [-0.05, 0) is 37.1 Å². The third-order valence-electron chi connectivity index (χ3n) is 3.49. The molecule has 1 unspecified atom stereocenters. The summed E-state index contributed by atoms with van der Waals surface area (Å²) in [5.74, 6) is 1.50. The maximum atomic E-state index is 5.82. The van der Waals surface area contributed by atoms with Gasteiger partial charge in [-0.3, -0.25) is 0 Å². The fraction of sp³-hybridized carbons (Fsp3) is 0.600. The molecule has 2 N–H and O–H groups in total. The van der Waals surface area contributed by atoms with Crippen molar-refractivity contribution in [2.45, 2.75) is 26.3 Å². The molecule has 0 heterocycles. The summed E-state index contributed by atoms with van der Waals surface area (Å²) in [5.41, 5.74) is 7.16. The van der Waals surface area contributed by atoms with Crippen molar-refractivity contribution >= 4 is 0 Å². The van der Waals surface area contributed by atoms with Crippen molar-refractivity contribution < 1.29 is 4.74 Å². The Morgan fingerprint density at radius 2 is 1.83 bits per heavy atom. The minimum Gasteiger partial charge on any atom is -0.497 e.